The molecule has 1 saturated heterocycles. The second-order valence-electron chi connectivity index (χ2n) is 5.80. The van der Waals surface area contributed by atoms with Gasteiger partial charge in [-0.15, -0.1) is 11.3 Å². The van der Waals surface area contributed by atoms with Crippen LogP contribution in [0.5, 0.6) is 0 Å². The maximum atomic E-state index is 14.2. The predicted octanol–water partition coefficient (Wildman–Crippen LogP) is 4.20. The Labute approximate surface area is 133 Å². The molecule has 1 aliphatic heterocycles. The summed E-state index contributed by atoms with van der Waals surface area (Å²) in [5, 5.41) is 0.530. The van der Waals surface area contributed by atoms with Crippen LogP contribution in [0.4, 0.5) is 4.39 Å². The first-order valence-electron chi connectivity index (χ1n) is 7.63. The molecular formula is C17H20FNO2S. The standard InChI is InChI=1S/C17H20FNO2S/c1-11-6-3-4-9-19(11)17(20)16-12(10-21-2)15-13(18)7-5-8-14(15)22-16/h5,7-8,11H,3-4,6,9-10H2,1-2H3. The van der Waals surface area contributed by atoms with Gasteiger partial charge in [0.2, 0.25) is 0 Å². The third-order valence-corrected chi connectivity index (χ3v) is 5.50. The molecule has 1 unspecified atom stereocenters. The lowest BCUT2D eigenvalue weighted by molar-refractivity contribution is 0.0637. The fraction of sp³-hybridized carbons (Fsp3) is 0.471. The number of carbonyl (C=O) groups excluding carboxylic acids is 1. The summed E-state index contributed by atoms with van der Waals surface area (Å²) in [5.41, 5.74) is 0.684. The van der Waals surface area contributed by atoms with E-state index in [1.807, 2.05) is 11.0 Å². The van der Waals surface area contributed by atoms with Crippen LogP contribution in [0.1, 0.15) is 41.4 Å². The van der Waals surface area contributed by atoms with E-state index >= 15 is 0 Å². The molecule has 5 heteroatoms. The summed E-state index contributed by atoms with van der Waals surface area (Å²) in [6.45, 7) is 3.12. The van der Waals surface area contributed by atoms with Gasteiger partial charge in [0.25, 0.3) is 5.91 Å². The van der Waals surface area contributed by atoms with E-state index < -0.39 is 0 Å². The Kier molecular flexibility index (Phi) is 4.45. The van der Waals surface area contributed by atoms with Gasteiger partial charge in [-0.3, -0.25) is 4.79 Å². The highest BCUT2D eigenvalue weighted by Gasteiger charge is 2.28. The Hall–Kier alpha value is -1.46. The molecular weight excluding hydrogens is 301 g/mol. The van der Waals surface area contributed by atoms with E-state index in [2.05, 4.69) is 6.92 Å². The van der Waals surface area contributed by atoms with Crippen LogP contribution in [-0.4, -0.2) is 30.5 Å². The number of piperidine rings is 1. The first-order chi connectivity index (χ1) is 10.6. The van der Waals surface area contributed by atoms with Crippen LogP contribution in [0.2, 0.25) is 0 Å². The Morgan fingerprint density at radius 3 is 3.00 bits per heavy atom. The molecule has 22 heavy (non-hydrogen) atoms. The summed E-state index contributed by atoms with van der Waals surface area (Å²) in [7, 11) is 1.57. The molecule has 0 spiro atoms. The van der Waals surface area contributed by atoms with E-state index in [0.717, 1.165) is 30.5 Å². The monoisotopic (exact) mass is 321 g/mol. The van der Waals surface area contributed by atoms with Crippen LogP contribution < -0.4 is 0 Å². The zero-order valence-corrected chi connectivity index (χ0v) is 13.7. The molecule has 1 fully saturated rings. The number of amides is 1. The average Bonchev–Trinajstić information content (AvgIpc) is 2.88. The molecule has 0 aliphatic carbocycles. The molecule has 1 amide bonds. The Balaban J connectivity index is 2.07. The van der Waals surface area contributed by atoms with Crippen LogP contribution in [-0.2, 0) is 11.3 Å². The Morgan fingerprint density at radius 2 is 2.27 bits per heavy atom. The fourth-order valence-electron chi connectivity index (χ4n) is 3.15. The molecule has 2 aromatic rings. The summed E-state index contributed by atoms with van der Waals surface area (Å²) in [4.78, 5) is 15.5. The van der Waals surface area contributed by atoms with Gasteiger partial charge in [-0.05, 0) is 38.3 Å². The topological polar surface area (TPSA) is 29.5 Å². The summed E-state index contributed by atoms with van der Waals surface area (Å²) in [6.07, 6.45) is 3.23. The van der Waals surface area contributed by atoms with Gasteiger partial charge in [0.15, 0.2) is 0 Å². The van der Waals surface area contributed by atoms with Crippen molar-refractivity contribution in [2.24, 2.45) is 0 Å². The summed E-state index contributed by atoms with van der Waals surface area (Å²) in [5.74, 6) is -0.272. The normalized spacial score (nSPS) is 18.9. The van der Waals surface area contributed by atoms with Gasteiger partial charge in [-0.25, -0.2) is 4.39 Å². The number of nitrogens with zero attached hydrogens (tertiary/aromatic N) is 1. The van der Waals surface area contributed by atoms with Crippen molar-refractivity contribution >= 4 is 27.3 Å². The number of ether oxygens (including phenoxy) is 1. The number of halogens is 1. The summed E-state index contributed by atoms with van der Waals surface area (Å²) >= 11 is 1.37. The number of carbonyl (C=O) groups is 1. The second kappa shape index (κ2) is 6.34. The van der Waals surface area contributed by atoms with E-state index in [-0.39, 0.29) is 24.4 Å². The molecule has 0 N–H and O–H groups in total. The Morgan fingerprint density at radius 1 is 1.45 bits per heavy atom. The van der Waals surface area contributed by atoms with E-state index in [1.165, 1.54) is 17.4 Å². The van der Waals surface area contributed by atoms with Crippen molar-refractivity contribution in [2.75, 3.05) is 13.7 Å². The minimum atomic E-state index is -0.286. The van der Waals surface area contributed by atoms with Crippen molar-refractivity contribution in [1.29, 1.82) is 0 Å². The third kappa shape index (κ3) is 2.63. The van der Waals surface area contributed by atoms with Gasteiger partial charge in [-0.2, -0.15) is 0 Å². The van der Waals surface area contributed by atoms with Gasteiger partial charge >= 0.3 is 0 Å². The molecule has 3 rings (SSSR count). The second-order valence-corrected chi connectivity index (χ2v) is 6.85. The van der Waals surface area contributed by atoms with Crippen LogP contribution in [0.15, 0.2) is 18.2 Å². The van der Waals surface area contributed by atoms with Gasteiger partial charge in [0.1, 0.15) is 5.82 Å². The van der Waals surface area contributed by atoms with Crippen molar-refractivity contribution < 1.29 is 13.9 Å². The van der Waals surface area contributed by atoms with E-state index in [0.29, 0.717) is 15.8 Å². The lowest BCUT2D eigenvalue weighted by atomic mass is 10.0. The molecule has 1 aromatic carbocycles. The van der Waals surface area contributed by atoms with Crippen molar-refractivity contribution in [2.45, 2.75) is 38.8 Å². The van der Waals surface area contributed by atoms with E-state index in [1.54, 1.807) is 13.2 Å². The minimum absolute atomic E-state index is 0.0138. The van der Waals surface area contributed by atoms with Gasteiger partial charge in [0.05, 0.1) is 11.5 Å². The van der Waals surface area contributed by atoms with E-state index in [9.17, 15) is 9.18 Å². The number of likely N-dealkylation sites (tertiary alicyclic amines) is 1. The molecule has 1 atom stereocenters. The number of methoxy groups -OCH3 is 1. The van der Waals surface area contributed by atoms with Gasteiger partial charge < -0.3 is 9.64 Å². The number of thiophene rings is 1. The summed E-state index contributed by atoms with van der Waals surface area (Å²) in [6, 6.07) is 5.22. The molecule has 118 valence electrons. The highest BCUT2D eigenvalue weighted by atomic mass is 32.1. The molecule has 2 heterocycles. The fourth-order valence-corrected chi connectivity index (χ4v) is 4.33. The maximum absolute atomic E-state index is 14.2. The molecule has 1 aliphatic rings. The van der Waals surface area contributed by atoms with Crippen molar-refractivity contribution in [3.63, 3.8) is 0 Å². The lowest BCUT2D eigenvalue weighted by Gasteiger charge is -2.33. The van der Waals surface area contributed by atoms with Crippen molar-refractivity contribution in [3.8, 4) is 0 Å². The van der Waals surface area contributed by atoms with Crippen LogP contribution >= 0.6 is 11.3 Å². The molecule has 3 nitrogen and oxygen atoms in total. The number of hydrogen-bond donors (Lipinski definition) is 0. The largest absolute Gasteiger partial charge is 0.380 e. The number of hydrogen-bond acceptors (Lipinski definition) is 3. The van der Waals surface area contributed by atoms with Gasteiger partial charge in [-0.1, -0.05) is 6.07 Å². The maximum Gasteiger partial charge on any atom is 0.264 e. The van der Waals surface area contributed by atoms with Crippen molar-refractivity contribution in [1.82, 2.24) is 4.90 Å². The number of fused-ring (bicyclic) bond motifs is 1. The lowest BCUT2D eigenvalue weighted by Crippen LogP contribution is -2.42. The van der Waals surface area contributed by atoms with Crippen LogP contribution in [0.3, 0.4) is 0 Å². The predicted molar refractivity (Wildman–Crippen MR) is 86.8 cm³/mol. The minimum Gasteiger partial charge on any atom is -0.380 e. The summed E-state index contributed by atoms with van der Waals surface area (Å²) < 4.78 is 20.2. The molecule has 0 radical (unpaired) electrons. The zero-order valence-electron chi connectivity index (χ0n) is 12.9. The smallest absolute Gasteiger partial charge is 0.264 e. The first-order valence-corrected chi connectivity index (χ1v) is 8.45. The highest BCUT2D eigenvalue weighted by Crippen LogP contribution is 2.35. The Bertz CT molecular complexity index is 697. The first kappa shape index (κ1) is 15.4. The molecule has 1 aromatic heterocycles. The van der Waals surface area contributed by atoms with E-state index in [4.69, 9.17) is 4.74 Å². The molecule has 0 saturated carbocycles. The average molecular weight is 321 g/mol. The van der Waals surface area contributed by atoms with Crippen LogP contribution in [0, 0.1) is 5.82 Å². The quantitative estimate of drug-likeness (QED) is 0.848. The van der Waals surface area contributed by atoms with Gasteiger partial charge in [0, 0.05) is 35.3 Å². The third-order valence-electron chi connectivity index (χ3n) is 4.31. The molecule has 0 bridgehead atoms. The number of benzene rings is 1. The highest BCUT2D eigenvalue weighted by molar-refractivity contribution is 7.21. The van der Waals surface area contributed by atoms with Crippen molar-refractivity contribution in [3.05, 3.63) is 34.5 Å². The SMILES string of the molecule is COCc1c(C(=O)N2CCCCC2C)sc2cccc(F)c12. The zero-order chi connectivity index (χ0) is 15.7. The number of rotatable bonds is 3. The van der Waals surface area contributed by atoms with Crippen LogP contribution in [0.25, 0.3) is 10.1 Å².